The van der Waals surface area contributed by atoms with Crippen molar-refractivity contribution in [3.05, 3.63) is 26.4 Å². The maximum atomic E-state index is 13.9. The number of guanidine groups is 2. The van der Waals surface area contributed by atoms with Crippen LogP contribution in [0.25, 0.3) is 0 Å². The van der Waals surface area contributed by atoms with Crippen LogP contribution < -0.4 is 17.2 Å². The van der Waals surface area contributed by atoms with Gasteiger partial charge >= 0.3 is 0 Å². The zero-order valence-electron chi connectivity index (χ0n) is 8.84. The largest absolute Gasteiger partial charge is 0.370 e. The van der Waals surface area contributed by atoms with Crippen molar-refractivity contribution in [1.29, 1.82) is 0 Å². The smallest absolute Gasteiger partial charge is 0.223 e. The van der Waals surface area contributed by atoms with E-state index in [9.17, 15) is 4.39 Å². The molecule has 92 valence electrons. The van der Waals surface area contributed by atoms with E-state index in [-0.39, 0.29) is 17.6 Å². The Morgan fingerprint density at radius 3 is 2.35 bits per heavy atom. The molecule has 1 aromatic carbocycles. The van der Waals surface area contributed by atoms with E-state index in [4.69, 9.17) is 17.2 Å². The normalized spacial score (nSPS) is 11.4. The summed E-state index contributed by atoms with van der Waals surface area (Å²) in [5.74, 6) is -0.956. The van der Waals surface area contributed by atoms with E-state index < -0.39 is 5.82 Å². The fraction of sp³-hybridized carbons (Fsp3) is 0.111. The van der Waals surface area contributed by atoms with Crippen molar-refractivity contribution in [3.63, 3.8) is 0 Å². The maximum Gasteiger partial charge on any atom is 0.223 e. The second-order valence-electron chi connectivity index (χ2n) is 3.13. The van der Waals surface area contributed by atoms with Crippen LogP contribution >= 0.6 is 31.9 Å². The van der Waals surface area contributed by atoms with Crippen LogP contribution in [0, 0.1) is 12.7 Å². The SMILES string of the molecule is Cc1c(Br)cc(Br)c(N=C(N)N=C(N)N)c1F. The Labute approximate surface area is 114 Å². The van der Waals surface area contributed by atoms with Gasteiger partial charge in [0, 0.05) is 14.5 Å². The van der Waals surface area contributed by atoms with Crippen molar-refractivity contribution in [2.75, 3.05) is 0 Å². The minimum Gasteiger partial charge on any atom is -0.370 e. The molecule has 0 unspecified atom stereocenters. The molecule has 5 nitrogen and oxygen atoms in total. The van der Waals surface area contributed by atoms with Crippen LogP contribution in [-0.4, -0.2) is 11.9 Å². The average molecular weight is 367 g/mol. The third-order valence-corrected chi connectivity index (χ3v) is 3.27. The van der Waals surface area contributed by atoms with Gasteiger partial charge in [-0.3, -0.25) is 0 Å². The monoisotopic (exact) mass is 365 g/mol. The Hall–Kier alpha value is -1.15. The highest BCUT2D eigenvalue weighted by Gasteiger charge is 2.13. The van der Waals surface area contributed by atoms with Gasteiger partial charge in [0.15, 0.2) is 11.8 Å². The van der Waals surface area contributed by atoms with Crippen LogP contribution in [0.1, 0.15) is 5.56 Å². The molecule has 8 heteroatoms. The highest BCUT2D eigenvalue weighted by Crippen LogP contribution is 2.35. The first-order valence-corrected chi connectivity index (χ1v) is 5.99. The number of benzene rings is 1. The van der Waals surface area contributed by atoms with Crippen molar-refractivity contribution >= 4 is 49.5 Å². The van der Waals surface area contributed by atoms with Crippen molar-refractivity contribution in [1.82, 2.24) is 0 Å². The summed E-state index contributed by atoms with van der Waals surface area (Å²) in [6.45, 7) is 1.61. The lowest BCUT2D eigenvalue weighted by molar-refractivity contribution is 0.618. The summed E-state index contributed by atoms with van der Waals surface area (Å²) in [7, 11) is 0. The Morgan fingerprint density at radius 2 is 1.82 bits per heavy atom. The maximum absolute atomic E-state index is 13.9. The summed E-state index contributed by atoms with van der Waals surface area (Å²) in [6.07, 6.45) is 0. The number of halogens is 3. The van der Waals surface area contributed by atoms with Gasteiger partial charge in [0.2, 0.25) is 5.96 Å². The molecule has 0 amide bonds. The summed E-state index contributed by atoms with van der Waals surface area (Å²) in [6, 6.07) is 1.67. The van der Waals surface area contributed by atoms with Crippen molar-refractivity contribution in [3.8, 4) is 0 Å². The Bertz CT molecular complexity index is 509. The number of nitrogens with two attached hydrogens (primary N) is 3. The van der Waals surface area contributed by atoms with Crippen LogP contribution in [-0.2, 0) is 0 Å². The van der Waals surface area contributed by atoms with Crippen molar-refractivity contribution in [2.24, 2.45) is 27.2 Å². The van der Waals surface area contributed by atoms with Gasteiger partial charge in [0.25, 0.3) is 0 Å². The van der Waals surface area contributed by atoms with E-state index in [2.05, 4.69) is 41.8 Å². The summed E-state index contributed by atoms with van der Waals surface area (Å²) in [5.41, 5.74) is 16.2. The highest BCUT2D eigenvalue weighted by atomic mass is 79.9. The minimum absolute atomic E-state index is 0.0493. The molecule has 0 saturated carbocycles. The third-order valence-electron chi connectivity index (χ3n) is 1.85. The molecule has 0 radical (unpaired) electrons. The first kappa shape index (κ1) is 13.9. The van der Waals surface area contributed by atoms with Crippen LogP contribution in [0.4, 0.5) is 10.1 Å². The summed E-state index contributed by atoms with van der Waals surface area (Å²) in [4.78, 5) is 7.31. The molecule has 0 heterocycles. The molecular weight excluding hydrogens is 357 g/mol. The summed E-state index contributed by atoms with van der Waals surface area (Å²) in [5, 5.41) is 0. The van der Waals surface area contributed by atoms with E-state index in [0.717, 1.165) is 0 Å². The van der Waals surface area contributed by atoms with E-state index in [1.165, 1.54) is 0 Å². The molecule has 0 fully saturated rings. The number of rotatable bonds is 1. The van der Waals surface area contributed by atoms with Gasteiger partial charge in [-0.25, -0.2) is 9.38 Å². The lowest BCUT2D eigenvalue weighted by Gasteiger charge is -2.06. The zero-order valence-corrected chi connectivity index (χ0v) is 12.0. The molecule has 6 N–H and O–H groups in total. The zero-order chi connectivity index (χ0) is 13.2. The Morgan fingerprint density at radius 1 is 1.24 bits per heavy atom. The van der Waals surface area contributed by atoms with Gasteiger partial charge in [-0.1, -0.05) is 15.9 Å². The van der Waals surface area contributed by atoms with Crippen LogP contribution in [0.3, 0.4) is 0 Å². The van der Waals surface area contributed by atoms with Gasteiger partial charge in [-0.2, -0.15) is 4.99 Å². The minimum atomic E-state index is -0.500. The van der Waals surface area contributed by atoms with E-state index in [0.29, 0.717) is 14.5 Å². The number of nitrogens with zero attached hydrogens (tertiary/aromatic N) is 2. The van der Waals surface area contributed by atoms with E-state index >= 15 is 0 Å². The molecule has 1 aromatic rings. The number of hydrogen-bond donors (Lipinski definition) is 3. The number of aliphatic imine (C=N–C) groups is 2. The second-order valence-corrected chi connectivity index (χ2v) is 4.84. The molecule has 0 saturated heterocycles. The molecule has 0 atom stereocenters. The predicted molar refractivity (Wildman–Crippen MR) is 73.6 cm³/mol. The van der Waals surface area contributed by atoms with E-state index in [1.54, 1.807) is 13.0 Å². The molecule has 0 aromatic heterocycles. The lowest BCUT2D eigenvalue weighted by atomic mass is 10.2. The fourth-order valence-corrected chi connectivity index (χ4v) is 2.25. The number of hydrogen-bond acceptors (Lipinski definition) is 1. The standard InChI is InChI=1S/C9H10Br2FN5/c1-3-4(10)2-5(11)7(6(3)12)16-9(15)17-8(13)14/h2H,1H3,(H6,13,14,15,16,17). The van der Waals surface area contributed by atoms with Crippen LogP contribution in [0.5, 0.6) is 0 Å². The van der Waals surface area contributed by atoms with Gasteiger partial charge in [0.05, 0.1) is 0 Å². The van der Waals surface area contributed by atoms with Crippen LogP contribution in [0.2, 0.25) is 0 Å². The van der Waals surface area contributed by atoms with Crippen LogP contribution in [0.15, 0.2) is 25.0 Å². The third kappa shape index (κ3) is 3.40. The molecule has 1 rings (SSSR count). The topological polar surface area (TPSA) is 103 Å². The van der Waals surface area contributed by atoms with Crippen molar-refractivity contribution < 1.29 is 4.39 Å². The average Bonchev–Trinajstić information content (AvgIpc) is 2.20. The van der Waals surface area contributed by atoms with Gasteiger partial charge in [-0.15, -0.1) is 0 Å². The first-order valence-electron chi connectivity index (χ1n) is 4.40. The Kier molecular flexibility index (Phi) is 4.47. The molecule has 17 heavy (non-hydrogen) atoms. The first-order chi connectivity index (χ1) is 7.82. The molecule has 0 aliphatic carbocycles. The summed E-state index contributed by atoms with van der Waals surface area (Å²) < 4.78 is 15.0. The lowest BCUT2D eigenvalue weighted by Crippen LogP contribution is -2.26. The molecular formula is C9H10Br2FN5. The second kappa shape index (κ2) is 5.46. The quantitative estimate of drug-likeness (QED) is 0.522. The summed E-state index contributed by atoms with van der Waals surface area (Å²) >= 11 is 6.40. The van der Waals surface area contributed by atoms with Gasteiger partial charge in [-0.05, 0) is 28.9 Å². The van der Waals surface area contributed by atoms with Gasteiger partial charge in [0.1, 0.15) is 5.69 Å². The molecule has 0 bridgehead atoms. The van der Waals surface area contributed by atoms with Gasteiger partial charge < -0.3 is 17.2 Å². The Balaban J connectivity index is 3.34. The highest BCUT2D eigenvalue weighted by molar-refractivity contribution is 9.11. The molecule has 0 aliphatic heterocycles. The predicted octanol–water partition coefficient (Wildman–Crippen LogP) is 1.88. The fourth-order valence-electron chi connectivity index (χ4n) is 1.05. The molecule has 0 aliphatic rings. The van der Waals surface area contributed by atoms with Crippen molar-refractivity contribution in [2.45, 2.75) is 6.92 Å². The van der Waals surface area contributed by atoms with E-state index in [1.807, 2.05) is 0 Å². The molecule has 0 spiro atoms.